The average Bonchev–Trinajstić information content (AvgIpc) is 3.39. The van der Waals surface area contributed by atoms with Crippen molar-refractivity contribution in [1.29, 1.82) is 0 Å². The molecule has 0 fully saturated rings. The van der Waals surface area contributed by atoms with Gasteiger partial charge < -0.3 is 13.3 Å². The second-order valence-electron chi connectivity index (χ2n) is 7.10. The number of benzene rings is 1. The maximum Gasteiger partial charge on any atom is 0.114 e. The molecule has 0 bridgehead atoms. The maximum atomic E-state index is 6.02. The van der Waals surface area contributed by atoms with Crippen LogP contribution in [0.1, 0.15) is 58.4 Å². The summed E-state index contributed by atoms with van der Waals surface area (Å²) in [6, 6.07) is 22.7. The molecule has 3 heterocycles. The van der Waals surface area contributed by atoms with E-state index in [9.17, 15) is 0 Å². The third kappa shape index (κ3) is 3.77. The fourth-order valence-corrected chi connectivity index (χ4v) is 3.63. The van der Waals surface area contributed by atoms with Crippen LogP contribution in [0.3, 0.4) is 0 Å². The smallest absolute Gasteiger partial charge is 0.114 e. The lowest BCUT2D eigenvalue weighted by Crippen LogP contribution is -2.08. The number of hydrogen-bond acceptors (Lipinski definition) is 3. The van der Waals surface area contributed by atoms with E-state index in [-0.39, 0.29) is 11.8 Å². The minimum atomic E-state index is 0.0167. The van der Waals surface area contributed by atoms with Gasteiger partial charge in [0.15, 0.2) is 0 Å². The van der Waals surface area contributed by atoms with Crippen molar-refractivity contribution in [2.75, 3.05) is 0 Å². The molecule has 3 heteroatoms. The second kappa shape index (κ2) is 7.36. The van der Waals surface area contributed by atoms with Crippen LogP contribution in [0.2, 0.25) is 0 Å². The Kier molecular flexibility index (Phi) is 4.76. The Balaban J connectivity index is 1.76. The van der Waals surface area contributed by atoms with Gasteiger partial charge in [0.2, 0.25) is 0 Å². The Morgan fingerprint density at radius 3 is 1.41 bits per heavy atom. The normalized spacial score (nSPS) is 12.6. The molecule has 0 saturated heterocycles. The van der Waals surface area contributed by atoms with E-state index in [1.165, 1.54) is 5.56 Å². The molecule has 0 aliphatic heterocycles. The van der Waals surface area contributed by atoms with Crippen molar-refractivity contribution in [2.45, 2.75) is 39.0 Å². The van der Waals surface area contributed by atoms with Gasteiger partial charge in [0.25, 0.3) is 0 Å². The summed E-state index contributed by atoms with van der Waals surface area (Å²) in [5.41, 5.74) is 1.23. The Hall–Kier alpha value is -2.94. The summed E-state index contributed by atoms with van der Waals surface area (Å²) in [6.45, 7) is 5.92. The van der Waals surface area contributed by atoms with Crippen molar-refractivity contribution in [3.63, 3.8) is 0 Å². The summed E-state index contributed by atoms with van der Waals surface area (Å²) >= 11 is 0. The molecule has 0 spiro atoms. The van der Waals surface area contributed by atoms with E-state index in [1.807, 2.05) is 57.2 Å². The van der Waals surface area contributed by atoms with Crippen molar-refractivity contribution in [3.8, 4) is 0 Å². The summed E-state index contributed by atoms with van der Waals surface area (Å²) in [6.07, 6.45) is 0.802. The Labute approximate surface area is 159 Å². The number of hydrogen-bond donors (Lipinski definition) is 0. The van der Waals surface area contributed by atoms with Gasteiger partial charge in [-0.05, 0) is 69.2 Å². The molecule has 0 saturated carbocycles. The first-order chi connectivity index (χ1) is 13.1. The molecule has 3 nitrogen and oxygen atoms in total. The van der Waals surface area contributed by atoms with Crippen LogP contribution in [-0.4, -0.2) is 0 Å². The molecular formula is C24H24O3. The molecule has 0 N–H and O–H groups in total. The van der Waals surface area contributed by atoms with Crippen LogP contribution in [0, 0.1) is 20.8 Å². The number of rotatable bonds is 6. The van der Waals surface area contributed by atoms with Gasteiger partial charge >= 0.3 is 0 Å². The predicted octanol–water partition coefficient (Wildman–Crippen LogP) is 6.74. The minimum absolute atomic E-state index is 0.0167. The van der Waals surface area contributed by atoms with Crippen LogP contribution in [0.15, 0.2) is 80.0 Å². The molecule has 0 aliphatic carbocycles. The molecule has 138 valence electrons. The van der Waals surface area contributed by atoms with Crippen molar-refractivity contribution >= 4 is 0 Å². The number of aryl methyl sites for hydroxylation is 3. The zero-order valence-electron chi connectivity index (χ0n) is 15.9. The maximum absolute atomic E-state index is 6.02. The highest BCUT2D eigenvalue weighted by atomic mass is 16.4. The van der Waals surface area contributed by atoms with Crippen LogP contribution in [0.4, 0.5) is 0 Å². The highest BCUT2D eigenvalue weighted by Crippen LogP contribution is 2.40. The van der Waals surface area contributed by atoms with Crippen LogP contribution < -0.4 is 0 Å². The second-order valence-corrected chi connectivity index (χ2v) is 7.10. The lowest BCUT2D eigenvalue weighted by Gasteiger charge is -2.20. The first-order valence-corrected chi connectivity index (χ1v) is 9.34. The van der Waals surface area contributed by atoms with Crippen molar-refractivity contribution in [3.05, 3.63) is 107 Å². The molecule has 1 atom stereocenters. The molecular weight excluding hydrogens is 336 g/mol. The monoisotopic (exact) mass is 360 g/mol. The van der Waals surface area contributed by atoms with Crippen LogP contribution in [0.25, 0.3) is 0 Å². The molecule has 0 amide bonds. The van der Waals surface area contributed by atoms with Crippen molar-refractivity contribution in [2.24, 2.45) is 0 Å². The standard InChI is InChI=1S/C24H24O3/c1-16-9-12-22(25-16)20(19-7-5-4-6-8-19)15-21(23-13-10-17(2)26-23)24-14-11-18(3)27-24/h4-14,20-21H,15H2,1-3H3. The first kappa shape index (κ1) is 17.5. The highest BCUT2D eigenvalue weighted by molar-refractivity contribution is 5.31. The van der Waals surface area contributed by atoms with Crippen LogP contribution >= 0.6 is 0 Å². The summed E-state index contributed by atoms with van der Waals surface area (Å²) in [4.78, 5) is 0. The summed E-state index contributed by atoms with van der Waals surface area (Å²) in [5, 5.41) is 0. The van der Waals surface area contributed by atoms with Gasteiger partial charge in [0, 0.05) is 5.92 Å². The third-order valence-electron chi connectivity index (χ3n) is 4.99. The SMILES string of the molecule is Cc1ccc(C(CC(c2ccc(C)o2)c2ccc(C)o2)c2ccccc2)o1. The summed E-state index contributed by atoms with van der Waals surface area (Å²) in [7, 11) is 0. The topological polar surface area (TPSA) is 39.4 Å². The fraction of sp³-hybridized carbons (Fsp3) is 0.250. The van der Waals surface area contributed by atoms with Gasteiger partial charge in [0.05, 0.1) is 5.92 Å². The van der Waals surface area contributed by atoms with Crippen LogP contribution in [0.5, 0.6) is 0 Å². The van der Waals surface area contributed by atoms with Gasteiger partial charge in [0.1, 0.15) is 34.6 Å². The van der Waals surface area contributed by atoms with Crippen molar-refractivity contribution < 1.29 is 13.3 Å². The van der Waals surface area contributed by atoms with Gasteiger partial charge in [-0.15, -0.1) is 0 Å². The zero-order chi connectivity index (χ0) is 18.8. The molecule has 4 aromatic rings. The minimum Gasteiger partial charge on any atom is -0.466 e. The van der Waals surface area contributed by atoms with E-state index in [0.29, 0.717) is 0 Å². The first-order valence-electron chi connectivity index (χ1n) is 9.34. The lowest BCUT2D eigenvalue weighted by atomic mass is 9.85. The van der Waals surface area contributed by atoms with E-state index in [4.69, 9.17) is 13.3 Å². The summed E-state index contributed by atoms with van der Waals surface area (Å²) in [5.74, 6) is 5.67. The Morgan fingerprint density at radius 2 is 1.00 bits per heavy atom. The fourth-order valence-electron chi connectivity index (χ4n) is 3.63. The molecule has 0 aliphatic rings. The molecule has 27 heavy (non-hydrogen) atoms. The van der Waals surface area contributed by atoms with Gasteiger partial charge in [-0.25, -0.2) is 0 Å². The highest BCUT2D eigenvalue weighted by Gasteiger charge is 2.28. The van der Waals surface area contributed by atoms with Gasteiger partial charge in [-0.3, -0.25) is 0 Å². The van der Waals surface area contributed by atoms with E-state index in [2.05, 4.69) is 30.3 Å². The largest absolute Gasteiger partial charge is 0.466 e. The Morgan fingerprint density at radius 1 is 0.556 bits per heavy atom. The predicted molar refractivity (Wildman–Crippen MR) is 105 cm³/mol. The van der Waals surface area contributed by atoms with Crippen LogP contribution in [-0.2, 0) is 0 Å². The van der Waals surface area contributed by atoms with E-state index in [1.54, 1.807) is 0 Å². The van der Waals surface area contributed by atoms with Gasteiger partial charge in [-0.1, -0.05) is 30.3 Å². The number of furan rings is 3. The van der Waals surface area contributed by atoms with Crippen molar-refractivity contribution in [1.82, 2.24) is 0 Å². The molecule has 4 rings (SSSR count). The molecule has 0 radical (unpaired) electrons. The summed E-state index contributed by atoms with van der Waals surface area (Å²) < 4.78 is 18.0. The molecule has 1 aromatic carbocycles. The molecule has 1 unspecified atom stereocenters. The lowest BCUT2D eigenvalue weighted by molar-refractivity contribution is 0.375. The van der Waals surface area contributed by atoms with E-state index < -0.39 is 0 Å². The van der Waals surface area contributed by atoms with E-state index in [0.717, 1.165) is 41.0 Å². The average molecular weight is 360 g/mol. The zero-order valence-corrected chi connectivity index (χ0v) is 15.9. The quantitative estimate of drug-likeness (QED) is 0.382. The molecule has 3 aromatic heterocycles. The van der Waals surface area contributed by atoms with Gasteiger partial charge in [-0.2, -0.15) is 0 Å². The Bertz CT molecular complexity index is 963. The third-order valence-corrected chi connectivity index (χ3v) is 4.99. The van der Waals surface area contributed by atoms with E-state index >= 15 is 0 Å².